The average Bonchev–Trinajstić information content (AvgIpc) is 2.80. The van der Waals surface area contributed by atoms with Crippen LogP contribution in [0.4, 0.5) is 0 Å². The third-order valence-electron chi connectivity index (χ3n) is 3.68. The zero-order chi connectivity index (χ0) is 14.0. The predicted molar refractivity (Wildman–Crippen MR) is 77.4 cm³/mol. The van der Waals surface area contributed by atoms with Gasteiger partial charge in [0.1, 0.15) is 5.69 Å². The minimum atomic E-state index is 0.0426. The molecule has 2 rings (SSSR count). The van der Waals surface area contributed by atoms with Gasteiger partial charge in [0.15, 0.2) is 5.78 Å². The lowest BCUT2D eigenvalue weighted by Crippen LogP contribution is -2.04. The largest absolute Gasteiger partial charge is 0.293 e. The maximum Gasteiger partial charge on any atom is 0.178 e. The van der Waals surface area contributed by atoms with E-state index in [1.54, 1.807) is 24.9 Å². The molecule has 3 heteroatoms. The van der Waals surface area contributed by atoms with Crippen molar-refractivity contribution in [3.63, 3.8) is 0 Å². The van der Waals surface area contributed by atoms with Crippen molar-refractivity contribution in [1.29, 1.82) is 0 Å². The molecule has 1 atom stereocenters. The summed E-state index contributed by atoms with van der Waals surface area (Å²) in [5, 5.41) is 4.18. The first-order valence-electron chi connectivity index (χ1n) is 6.67. The van der Waals surface area contributed by atoms with Gasteiger partial charge < -0.3 is 0 Å². The molecule has 0 saturated heterocycles. The number of hydrogen-bond acceptors (Lipinski definition) is 2. The smallest absolute Gasteiger partial charge is 0.178 e. The molecule has 19 heavy (non-hydrogen) atoms. The Labute approximate surface area is 114 Å². The van der Waals surface area contributed by atoms with Crippen molar-refractivity contribution < 1.29 is 4.79 Å². The van der Waals surface area contributed by atoms with E-state index in [4.69, 9.17) is 0 Å². The van der Waals surface area contributed by atoms with Crippen molar-refractivity contribution in [2.24, 2.45) is 7.05 Å². The predicted octanol–water partition coefficient (Wildman–Crippen LogP) is 3.80. The number of aromatic nitrogens is 2. The molecule has 0 fully saturated rings. The number of carbonyl (C=O) groups is 1. The van der Waals surface area contributed by atoms with Gasteiger partial charge in [0.2, 0.25) is 0 Å². The molecule has 0 spiro atoms. The maximum atomic E-state index is 11.7. The molecule has 1 aromatic heterocycles. The normalized spacial score (nSPS) is 12.4. The average molecular weight is 256 g/mol. The van der Waals surface area contributed by atoms with E-state index >= 15 is 0 Å². The van der Waals surface area contributed by atoms with Crippen LogP contribution in [-0.2, 0) is 7.05 Å². The van der Waals surface area contributed by atoms with Gasteiger partial charge in [0, 0.05) is 19.5 Å². The van der Waals surface area contributed by atoms with Crippen LogP contribution in [-0.4, -0.2) is 15.6 Å². The molecule has 1 aromatic carbocycles. The van der Waals surface area contributed by atoms with E-state index in [1.807, 2.05) is 0 Å². The SMILES string of the molecule is CC[C@@H](C)c1ccc(-c2cnn(C)c2C(C)=O)cc1. The summed E-state index contributed by atoms with van der Waals surface area (Å²) in [6.07, 6.45) is 2.89. The highest BCUT2D eigenvalue weighted by Crippen LogP contribution is 2.26. The number of aryl methyl sites for hydroxylation is 1. The second-order valence-electron chi connectivity index (χ2n) is 5.02. The monoisotopic (exact) mass is 256 g/mol. The van der Waals surface area contributed by atoms with Crippen molar-refractivity contribution in [2.45, 2.75) is 33.1 Å². The van der Waals surface area contributed by atoms with E-state index < -0.39 is 0 Å². The third kappa shape index (κ3) is 2.60. The Morgan fingerprint density at radius 3 is 2.47 bits per heavy atom. The van der Waals surface area contributed by atoms with Crippen molar-refractivity contribution in [3.05, 3.63) is 41.7 Å². The minimum absolute atomic E-state index is 0.0426. The van der Waals surface area contributed by atoms with E-state index in [2.05, 4.69) is 43.2 Å². The highest BCUT2D eigenvalue weighted by molar-refractivity contribution is 5.99. The quantitative estimate of drug-likeness (QED) is 0.780. The Bertz CT molecular complexity index is 581. The maximum absolute atomic E-state index is 11.7. The molecule has 0 bridgehead atoms. The van der Waals surface area contributed by atoms with Crippen LogP contribution in [0.2, 0.25) is 0 Å². The van der Waals surface area contributed by atoms with Crippen LogP contribution < -0.4 is 0 Å². The second-order valence-corrected chi connectivity index (χ2v) is 5.02. The Hall–Kier alpha value is -1.90. The molecule has 2 aromatic rings. The molecular weight excluding hydrogens is 236 g/mol. The molecule has 0 amide bonds. The fraction of sp³-hybridized carbons (Fsp3) is 0.375. The van der Waals surface area contributed by atoms with Gasteiger partial charge in [-0.1, -0.05) is 38.1 Å². The molecule has 0 aliphatic heterocycles. The van der Waals surface area contributed by atoms with Gasteiger partial charge in [0.05, 0.1) is 6.20 Å². The molecule has 0 radical (unpaired) electrons. The first-order valence-corrected chi connectivity index (χ1v) is 6.67. The zero-order valence-electron chi connectivity index (χ0n) is 12.0. The lowest BCUT2D eigenvalue weighted by Gasteiger charge is -2.09. The lowest BCUT2D eigenvalue weighted by molar-refractivity contribution is 0.100. The number of benzene rings is 1. The molecule has 0 N–H and O–H groups in total. The van der Waals surface area contributed by atoms with Gasteiger partial charge in [-0.15, -0.1) is 0 Å². The van der Waals surface area contributed by atoms with E-state index in [9.17, 15) is 4.79 Å². The van der Waals surface area contributed by atoms with Crippen LogP contribution in [0.1, 0.15) is 49.2 Å². The molecule has 3 nitrogen and oxygen atoms in total. The van der Waals surface area contributed by atoms with Crippen LogP contribution in [0, 0.1) is 0 Å². The topological polar surface area (TPSA) is 34.9 Å². The van der Waals surface area contributed by atoms with E-state index in [-0.39, 0.29) is 5.78 Å². The Balaban J connectivity index is 2.40. The van der Waals surface area contributed by atoms with Crippen LogP contribution in [0.15, 0.2) is 30.5 Å². The lowest BCUT2D eigenvalue weighted by atomic mass is 9.96. The van der Waals surface area contributed by atoms with Gasteiger partial charge in [-0.2, -0.15) is 5.10 Å². The van der Waals surface area contributed by atoms with Crippen molar-refractivity contribution in [1.82, 2.24) is 9.78 Å². The first-order chi connectivity index (χ1) is 9.04. The Morgan fingerprint density at radius 1 is 1.32 bits per heavy atom. The van der Waals surface area contributed by atoms with Crippen molar-refractivity contribution in [3.8, 4) is 11.1 Å². The number of rotatable bonds is 4. The summed E-state index contributed by atoms with van der Waals surface area (Å²) in [7, 11) is 1.80. The van der Waals surface area contributed by atoms with Crippen molar-refractivity contribution in [2.75, 3.05) is 0 Å². The van der Waals surface area contributed by atoms with Crippen LogP contribution in [0.25, 0.3) is 11.1 Å². The van der Waals surface area contributed by atoms with Crippen LogP contribution in [0.5, 0.6) is 0 Å². The summed E-state index contributed by atoms with van der Waals surface area (Å²) in [5.41, 5.74) is 3.95. The summed E-state index contributed by atoms with van der Waals surface area (Å²) in [4.78, 5) is 11.7. The van der Waals surface area contributed by atoms with Gasteiger partial charge in [-0.3, -0.25) is 9.48 Å². The number of ketones is 1. The number of hydrogen-bond donors (Lipinski definition) is 0. The van der Waals surface area contributed by atoms with E-state index in [0.29, 0.717) is 11.6 Å². The number of Topliss-reactive ketones (excluding diaryl/α,β-unsaturated/α-hetero) is 1. The number of carbonyl (C=O) groups excluding carboxylic acids is 1. The Morgan fingerprint density at radius 2 is 1.95 bits per heavy atom. The summed E-state index contributed by atoms with van der Waals surface area (Å²) in [6, 6.07) is 8.43. The number of nitrogens with zero attached hydrogens (tertiary/aromatic N) is 2. The standard InChI is InChI=1S/C16H20N2O/c1-5-11(2)13-6-8-14(9-7-13)15-10-17-18(4)16(15)12(3)19/h6-11H,5H2,1-4H3/t11-/m1/s1. The third-order valence-corrected chi connectivity index (χ3v) is 3.68. The first kappa shape index (κ1) is 13.5. The highest BCUT2D eigenvalue weighted by atomic mass is 16.1. The fourth-order valence-corrected chi connectivity index (χ4v) is 2.29. The van der Waals surface area contributed by atoms with Gasteiger partial charge in [-0.05, 0) is 23.5 Å². The highest BCUT2D eigenvalue weighted by Gasteiger charge is 2.14. The van der Waals surface area contributed by atoms with E-state index in [1.165, 1.54) is 5.56 Å². The fourth-order valence-electron chi connectivity index (χ4n) is 2.29. The van der Waals surface area contributed by atoms with E-state index in [0.717, 1.165) is 17.5 Å². The molecule has 0 unspecified atom stereocenters. The zero-order valence-corrected chi connectivity index (χ0v) is 12.0. The molecule has 0 saturated carbocycles. The summed E-state index contributed by atoms with van der Waals surface area (Å²) >= 11 is 0. The summed E-state index contributed by atoms with van der Waals surface area (Å²) < 4.78 is 1.64. The second kappa shape index (κ2) is 5.39. The minimum Gasteiger partial charge on any atom is -0.293 e. The van der Waals surface area contributed by atoms with Gasteiger partial charge in [-0.25, -0.2) is 0 Å². The molecular formula is C16H20N2O. The molecule has 100 valence electrons. The molecule has 1 heterocycles. The van der Waals surface area contributed by atoms with Crippen LogP contribution in [0.3, 0.4) is 0 Å². The van der Waals surface area contributed by atoms with Gasteiger partial charge in [0.25, 0.3) is 0 Å². The van der Waals surface area contributed by atoms with Crippen LogP contribution >= 0.6 is 0 Å². The molecule has 0 aliphatic carbocycles. The Kier molecular flexibility index (Phi) is 3.84. The van der Waals surface area contributed by atoms with Gasteiger partial charge >= 0.3 is 0 Å². The summed E-state index contributed by atoms with van der Waals surface area (Å²) in [5.74, 6) is 0.608. The summed E-state index contributed by atoms with van der Waals surface area (Å²) in [6.45, 7) is 5.99. The van der Waals surface area contributed by atoms with Crippen molar-refractivity contribution >= 4 is 5.78 Å². The molecule has 0 aliphatic rings.